The van der Waals surface area contributed by atoms with Gasteiger partial charge in [-0.2, -0.15) is 0 Å². The van der Waals surface area contributed by atoms with Crippen LogP contribution in [0.15, 0.2) is 66.9 Å². The number of hydrogen-bond acceptors (Lipinski definition) is 4. The number of anilines is 3. The van der Waals surface area contributed by atoms with Crippen LogP contribution in [0, 0.1) is 0 Å². The number of ether oxygens (including phenoxy) is 1. The lowest BCUT2D eigenvalue weighted by atomic mass is 10.2. The molecule has 25 heavy (non-hydrogen) atoms. The first-order valence-corrected chi connectivity index (χ1v) is 7.96. The van der Waals surface area contributed by atoms with Crippen LogP contribution in [0.3, 0.4) is 0 Å². The summed E-state index contributed by atoms with van der Waals surface area (Å²) in [4.78, 5) is 16.5. The summed E-state index contributed by atoms with van der Waals surface area (Å²) in [6, 6.07) is 17.9. The van der Waals surface area contributed by atoms with Crippen molar-refractivity contribution in [2.45, 2.75) is 0 Å². The second-order valence-corrected chi connectivity index (χ2v) is 5.63. The van der Waals surface area contributed by atoms with E-state index in [4.69, 9.17) is 16.3 Å². The highest BCUT2D eigenvalue weighted by atomic mass is 35.5. The Morgan fingerprint density at radius 3 is 2.44 bits per heavy atom. The second kappa shape index (κ2) is 7.68. The summed E-state index contributed by atoms with van der Waals surface area (Å²) in [5.74, 6) is 1.10. The van der Waals surface area contributed by atoms with Crippen LogP contribution >= 0.6 is 11.6 Å². The fraction of sp³-hybridized carbons (Fsp3) is 0.0526. The summed E-state index contributed by atoms with van der Waals surface area (Å²) in [5.41, 5.74) is 1.90. The average molecular weight is 354 g/mol. The van der Waals surface area contributed by atoms with E-state index in [1.165, 1.54) is 6.20 Å². The fourth-order valence-electron chi connectivity index (χ4n) is 2.18. The van der Waals surface area contributed by atoms with E-state index in [0.29, 0.717) is 22.1 Å². The number of benzene rings is 2. The molecular formula is C19H16ClN3O2. The quantitative estimate of drug-likeness (QED) is 0.695. The van der Waals surface area contributed by atoms with Crippen LogP contribution in [-0.4, -0.2) is 18.0 Å². The van der Waals surface area contributed by atoms with E-state index in [9.17, 15) is 4.79 Å². The number of para-hydroxylation sites is 1. The minimum Gasteiger partial charge on any atom is -0.497 e. The highest BCUT2D eigenvalue weighted by Crippen LogP contribution is 2.24. The molecule has 0 spiro atoms. The molecule has 126 valence electrons. The maximum absolute atomic E-state index is 12.3. The van der Waals surface area contributed by atoms with E-state index in [-0.39, 0.29) is 5.91 Å². The topological polar surface area (TPSA) is 63.2 Å². The first-order valence-electron chi connectivity index (χ1n) is 7.59. The number of methoxy groups -OCH3 is 1. The zero-order chi connectivity index (χ0) is 17.6. The Balaban J connectivity index is 1.66. The van der Waals surface area contributed by atoms with Crippen LogP contribution in [0.1, 0.15) is 10.4 Å². The van der Waals surface area contributed by atoms with Crippen LogP contribution in [0.2, 0.25) is 5.02 Å². The Kier molecular flexibility index (Phi) is 5.16. The number of pyridine rings is 1. The van der Waals surface area contributed by atoms with Gasteiger partial charge in [-0.25, -0.2) is 4.98 Å². The normalized spacial score (nSPS) is 10.2. The number of nitrogens with zero attached hydrogens (tertiary/aromatic N) is 1. The zero-order valence-electron chi connectivity index (χ0n) is 13.5. The van der Waals surface area contributed by atoms with E-state index < -0.39 is 0 Å². The molecule has 0 fully saturated rings. The van der Waals surface area contributed by atoms with E-state index in [1.807, 2.05) is 18.2 Å². The SMILES string of the molecule is COc1ccc(NC(=O)c2ccc(Nc3ccccc3Cl)nc2)cc1. The van der Waals surface area contributed by atoms with Crippen molar-refractivity contribution in [2.24, 2.45) is 0 Å². The summed E-state index contributed by atoms with van der Waals surface area (Å²) >= 11 is 6.10. The van der Waals surface area contributed by atoms with Crippen LogP contribution in [0.25, 0.3) is 0 Å². The van der Waals surface area contributed by atoms with Crippen LogP contribution in [0.4, 0.5) is 17.2 Å². The third-order valence-corrected chi connectivity index (χ3v) is 3.84. The van der Waals surface area contributed by atoms with Crippen molar-refractivity contribution in [3.63, 3.8) is 0 Å². The Hall–Kier alpha value is -3.05. The second-order valence-electron chi connectivity index (χ2n) is 5.22. The van der Waals surface area contributed by atoms with Gasteiger partial charge in [0, 0.05) is 11.9 Å². The molecule has 0 aliphatic heterocycles. The van der Waals surface area contributed by atoms with Crippen molar-refractivity contribution in [1.29, 1.82) is 0 Å². The standard InChI is InChI=1S/C19H16ClN3O2/c1-25-15-9-7-14(8-10-15)22-19(24)13-6-11-18(21-12-13)23-17-5-3-2-4-16(17)20/h2-12H,1H3,(H,21,23)(H,22,24). The molecule has 0 saturated heterocycles. The van der Waals surface area contributed by atoms with E-state index in [2.05, 4.69) is 15.6 Å². The van der Waals surface area contributed by atoms with Crippen LogP contribution in [0.5, 0.6) is 5.75 Å². The van der Waals surface area contributed by atoms with Gasteiger partial charge in [0.2, 0.25) is 0 Å². The fourth-order valence-corrected chi connectivity index (χ4v) is 2.36. The predicted molar refractivity (Wildman–Crippen MR) is 99.9 cm³/mol. The van der Waals surface area contributed by atoms with Gasteiger partial charge >= 0.3 is 0 Å². The Labute approximate surface area is 150 Å². The molecule has 0 unspecified atom stereocenters. The summed E-state index contributed by atoms with van der Waals surface area (Å²) < 4.78 is 5.09. The minimum absolute atomic E-state index is 0.234. The van der Waals surface area contributed by atoms with Gasteiger partial charge in [-0.05, 0) is 48.5 Å². The van der Waals surface area contributed by atoms with Gasteiger partial charge in [-0.1, -0.05) is 23.7 Å². The third-order valence-electron chi connectivity index (χ3n) is 3.51. The number of aromatic nitrogens is 1. The number of carbonyl (C=O) groups excluding carboxylic acids is 1. The highest BCUT2D eigenvalue weighted by molar-refractivity contribution is 6.33. The maximum atomic E-state index is 12.3. The lowest BCUT2D eigenvalue weighted by Crippen LogP contribution is -2.12. The Morgan fingerprint density at radius 2 is 1.80 bits per heavy atom. The Morgan fingerprint density at radius 1 is 1.04 bits per heavy atom. The molecule has 0 atom stereocenters. The molecule has 2 N–H and O–H groups in total. The van der Waals surface area contributed by atoms with Crippen LogP contribution < -0.4 is 15.4 Å². The first-order chi connectivity index (χ1) is 12.2. The number of amides is 1. The minimum atomic E-state index is -0.234. The van der Waals surface area contributed by atoms with E-state index in [0.717, 1.165) is 11.4 Å². The van der Waals surface area contributed by atoms with Crippen molar-refractivity contribution < 1.29 is 9.53 Å². The Bertz CT molecular complexity index is 865. The molecule has 0 aliphatic rings. The zero-order valence-corrected chi connectivity index (χ0v) is 14.2. The summed E-state index contributed by atoms with van der Waals surface area (Å²) in [5, 5.41) is 6.53. The highest BCUT2D eigenvalue weighted by Gasteiger charge is 2.08. The molecule has 0 aliphatic carbocycles. The van der Waals surface area contributed by atoms with Gasteiger partial charge < -0.3 is 15.4 Å². The van der Waals surface area contributed by atoms with E-state index >= 15 is 0 Å². The molecule has 1 heterocycles. The van der Waals surface area contributed by atoms with Crippen molar-refractivity contribution in [1.82, 2.24) is 4.98 Å². The maximum Gasteiger partial charge on any atom is 0.257 e. The largest absolute Gasteiger partial charge is 0.497 e. The number of halogens is 1. The average Bonchev–Trinajstić information content (AvgIpc) is 2.65. The molecule has 0 radical (unpaired) electrons. The van der Waals surface area contributed by atoms with Crippen molar-refractivity contribution in [3.8, 4) is 5.75 Å². The van der Waals surface area contributed by atoms with Crippen LogP contribution in [-0.2, 0) is 0 Å². The molecule has 6 heteroatoms. The van der Waals surface area contributed by atoms with Crippen molar-refractivity contribution in [2.75, 3.05) is 17.7 Å². The predicted octanol–water partition coefficient (Wildman–Crippen LogP) is 4.74. The van der Waals surface area contributed by atoms with Crippen molar-refractivity contribution in [3.05, 3.63) is 77.4 Å². The molecule has 3 rings (SSSR count). The number of nitrogens with one attached hydrogen (secondary N) is 2. The van der Waals surface area contributed by atoms with Gasteiger partial charge in [-0.3, -0.25) is 4.79 Å². The third kappa shape index (κ3) is 4.28. The van der Waals surface area contributed by atoms with Gasteiger partial charge in [0.25, 0.3) is 5.91 Å². The lowest BCUT2D eigenvalue weighted by Gasteiger charge is -2.09. The smallest absolute Gasteiger partial charge is 0.257 e. The molecule has 5 nitrogen and oxygen atoms in total. The monoisotopic (exact) mass is 353 g/mol. The number of carbonyl (C=O) groups is 1. The molecule has 1 amide bonds. The lowest BCUT2D eigenvalue weighted by molar-refractivity contribution is 0.102. The van der Waals surface area contributed by atoms with Gasteiger partial charge in [-0.15, -0.1) is 0 Å². The van der Waals surface area contributed by atoms with E-state index in [1.54, 1.807) is 49.6 Å². The summed E-state index contributed by atoms with van der Waals surface area (Å²) in [6.07, 6.45) is 1.51. The number of rotatable bonds is 5. The van der Waals surface area contributed by atoms with Crippen molar-refractivity contribution >= 4 is 34.7 Å². The molecule has 3 aromatic rings. The first kappa shape index (κ1) is 16.8. The molecule has 1 aromatic heterocycles. The molecule has 0 bridgehead atoms. The number of hydrogen-bond donors (Lipinski definition) is 2. The van der Waals surface area contributed by atoms with Gasteiger partial charge in [0.1, 0.15) is 11.6 Å². The molecule has 2 aromatic carbocycles. The molecular weight excluding hydrogens is 338 g/mol. The molecule has 0 saturated carbocycles. The summed E-state index contributed by atoms with van der Waals surface area (Å²) in [7, 11) is 1.59. The summed E-state index contributed by atoms with van der Waals surface area (Å²) in [6.45, 7) is 0. The van der Waals surface area contributed by atoms with Gasteiger partial charge in [0.05, 0.1) is 23.4 Å². The van der Waals surface area contributed by atoms with Gasteiger partial charge in [0.15, 0.2) is 0 Å².